The molecule has 0 amide bonds. The number of carbonyl (C=O) groups excluding carboxylic acids is 1. The third-order valence-corrected chi connectivity index (χ3v) is 5.20. The summed E-state index contributed by atoms with van der Waals surface area (Å²) in [6, 6.07) is 23.8. The van der Waals surface area contributed by atoms with Gasteiger partial charge < -0.3 is 9.47 Å². The van der Waals surface area contributed by atoms with E-state index in [-0.39, 0.29) is 11.6 Å². The molecule has 1 radical (unpaired) electrons. The van der Waals surface area contributed by atoms with Gasteiger partial charge in [-0.1, -0.05) is 56.0 Å². The summed E-state index contributed by atoms with van der Waals surface area (Å²) in [6.07, 6.45) is 10.1. The maximum atomic E-state index is 12.9. The molecule has 0 bridgehead atoms. The maximum absolute atomic E-state index is 12.9. The molecule has 171 valence electrons. The third kappa shape index (κ3) is 9.32. The normalized spacial score (nSPS) is 10.9. The highest BCUT2D eigenvalue weighted by Crippen LogP contribution is 2.15. The fraction of sp³-hybridized carbons (Fsp3) is 0.276. The van der Waals surface area contributed by atoms with E-state index in [0.29, 0.717) is 12.2 Å². The van der Waals surface area contributed by atoms with Crippen LogP contribution >= 0.6 is 0 Å². The average Bonchev–Trinajstić information content (AvgIpc) is 2.85. The topological polar surface area (TPSA) is 35.5 Å². The fourth-order valence-corrected chi connectivity index (χ4v) is 3.32. The molecule has 3 aromatic rings. The van der Waals surface area contributed by atoms with Crippen LogP contribution in [0.2, 0.25) is 0 Å². The smallest absolute Gasteiger partial charge is 0.185 e. The lowest BCUT2D eigenvalue weighted by atomic mass is 10.1. The number of hydrogen-bond acceptors (Lipinski definition) is 3. The molecule has 0 aliphatic rings. The molecule has 4 heteroatoms. The summed E-state index contributed by atoms with van der Waals surface area (Å²) in [7, 11) is 0. The number of hydrogen-bond donors (Lipinski definition) is 0. The highest BCUT2D eigenvalue weighted by molar-refractivity contribution is 6.06. The lowest BCUT2D eigenvalue weighted by Crippen LogP contribution is -1.98. The first-order valence-corrected chi connectivity index (χ1v) is 11.5. The van der Waals surface area contributed by atoms with E-state index in [9.17, 15) is 9.18 Å². The second-order valence-electron chi connectivity index (χ2n) is 7.83. The van der Waals surface area contributed by atoms with Crippen molar-refractivity contribution in [1.82, 2.24) is 0 Å². The molecule has 3 rings (SSSR count). The van der Waals surface area contributed by atoms with Gasteiger partial charge >= 0.3 is 0 Å². The molecule has 0 aliphatic carbocycles. The Morgan fingerprint density at radius 1 is 0.727 bits per heavy atom. The van der Waals surface area contributed by atoms with Crippen molar-refractivity contribution in [3.8, 4) is 11.5 Å². The van der Waals surface area contributed by atoms with Crippen molar-refractivity contribution in [2.75, 3.05) is 13.2 Å². The maximum Gasteiger partial charge on any atom is 0.185 e. The van der Waals surface area contributed by atoms with Crippen LogP contribution < -0.4 is 9.47 Å². The van der Waals surface area contributed by atoms with Crippen LogP contribution in [-0.4, -0.2) is 19.0 Å². The number of benzene rings is 3. The number of ether oxygens (including phenoxy) is 2. The van der Waals surface area contributed by atoms with Gasteiger partial charge in [-0.2, -0.15) is 0 Å². The lowest BCUT2D eigenvalue weighted by molar-refractivity contribution is 0.104. The predicted molar refractivity (Wildman–Crippen MR) is 130 cm³/mol. The van der Waals surface area contributed by atoms with Crippen LogP contribution in [0.5, 0.6) is 11.5 Å². The Morgan fingerprint density at radius 2 is 1.27 bits per heavy atom. The molecule has 0 spiro atoms. The van der Waals surface area contributed by atoms with Crippen LogP contribution in [0.4, 0.5) is 4.39 Å². The Morgan fingerprint density at radius 3 is 1.88 bits per heavy atom. The highest BCUT2D eigenvalue weighted by Gasteiger charge is 2.02. The number of allylic oxidation sites excluding steroid dienone is 1. The van der Waals surface area contributed by atoms with Crippen molar-refractivity contribution >= 4 is 11.9 Å². The zero-order valence-electron chi connectivity index (χ0n) is 18.8. The van der Waals surface area contributed by atoms with Crippen molar-refractivity contribution < 1.29 is 18.7 Å². The molecular formula is C29H30FO3. The summed E-state index contributed by atoms with van der Waals surface area (Å²) in [5.74, 6) is 1.23. The van der Waals surface area contributed by atoms with Crippen molar-refractivity contribution in [3.05, 3.63) is 102 Å². The predicted octanol–water partition coefficient (Wildman–Crippen LogP) is 7.32. The minimum absolute atomic E-state index is 0.155. The van der Waals surface area contributed by atoms with Crippen LogP contribution in [-0.2, 0) is 0 Å². The Balaban J connectivity index is 1.23. The van der Waals surface area contributed by atoms with Gasteiger partial charge in [0.25, 0.3) is 0 Å². The van der Waals surface area contributed by atoms with E-state index < -0.39 is 0 Å². The van der Waals surface area contributed by atoms with Crippen molar-refractivity contribution in [2.24, 2.45) is 0 Å². The van der Waals surface area contributed by atoms with Crippen LogP contribution in [0.1, 0.15) is 54.4 Å². The van der Waals surface area contributed by atoms with Gasteiger partial charge in [0.1, 0.15) is 17.3 Å². The zero-order chi connectivity index (χ0) is 23.1. The van der Waals surface area contributed by atoms with Crippen LogP contribution in [0.3, 0.4) is 0 Å². The second kappa shape index (κ2) is 13.9. The summed E-state index contributed by atoms with van der Waals surface area (Å²) in [4.78, 5) is 12.1. The second-order valence-corrected chi connectivity index (χ2v) is 7.83. The Bertz CT molecular complexity index is 980. The van der Waals surface area contributed by atoms with Crippen molar-refractivity contribution in [3.63, 3.8) is 0 Å². The van der Waals surface area contributed by atoms with Crippen molar-refractivity contribution in [2.45, 2.75) is 38.5 Å². The van der Waals surface area contributed by atoms with Gasteiger partial charge in [0.05, 0.1) is 13.2 Å². The van der Waals surface area contributed by atoms with E-state index >= 15 is 0 Å². The monoisotopic (exact) mass is 445 g/mol. The van der Waals surface area contributed by atoms with E-state index in [1.54, 1.807) is 6.08 Å². The lowest BCUT2D eigenvalue weighted by Gasteiger charge is -2.07. The molecule has 0 unspecified atom stereocenters. The van der Waals surface area contributed by atoms with Crippen LogP contribution in [0, 0.1) is 11.9 Å². The standard InChI is InChI=1S/C29H30FO3/c30-26-17-15-25(16-18-26)29(31)21-14-24-12-19-28(20-13-24)33-23-9-4-2-1-3-8-22-32-27-10-6-5-7-11-27/h6-7,10-21H,1-4,8-9,22-23H2/b21-14+. The molecule has 0 N–H and O–H groups in total. The number of unbranched alkanes of at least 4 members (excludes halogenated alkanes) is 5. The van der Waals surface area contributed by atoms with Gasteiger partial charge in [-0.25, -0.2) is 4.39 Å². The van der Waals surface area contributed by atoms with E-state index in [0.717, 1.165) is 42.9 Å². The summed E-state index contributed by atoms with van der Waals surface area (Å²) in [5.41, 5.74) is 1.37. The molecule has 0 saturated carbocycles. The number of halogens is 1. The molecule has 0 aromatic heterocycles. The Hall–Kier alpha value is -3.40. The van der Waals surface area contributed by atoms with Gasteiger partial charge in [0, 0.05) is 5.56 Å². The quantitative estimate of drug-likeness (QED) is 0.148. The molecule has 0 saturated heterocycles. The summed E-state index contributed by atoms with van der Waals surface area (Å²) in [6.45, 7) is 1.46. The summed E-state index contributed by atoms with van der Waals surface area (Å²) < 4.78 is 24.4. The Labute approximate surface area is 195 Å². The highest BCUT2D eigenvalue weighted by atomic mass is 19.1. The van der Waals surface area contributed by atoms with E-state index in [1.165, 1.54) is 49.6 Å². The summed E-state index contributed by atoms with van der Waals surface area (Å²) >= 11 is 0. The van der Waals surface area contributed by atoms with Gasteiger partial charge in [0.2, 0.25) is 0 Å². The van der Waals surface area contributed by atoms with Crippen LogP contribution in [0.25, 0.3) is 6.08 Å². The van der Waals surface area contributed by atoms with Gasteiger partial charge in [-0.3, -0.25) is 4.79 Å². The molecule has 3 aromatic carbocycles. The van der Waals surface area contributed by atoms with Gasteiger partial charge in [-0.15, -0.1) is 0 Å². The Kier molecular flexibility index (Phi) is 10.2. The molecule has 3 nitrogen and oxygen atoms in total. The molecule has 0 aliphatic heterocycles. The fourth-order valence-electron chi connectivity index (χ4n) is 3.32. The first kappa shape index (κ1) is 24.2. The SMILES string of the molecule is O=C(/C=C/c1ccc(OCCCCCCCCOc2cc[c]cc2)cc1)c1ccc(F)cc1. The minimum Gasteiger partial charge on any atom is -0.494 e. The minimum atomic E-state index is -0.352. The molecule has 0 heterocycles. The number of ketones is 1. The van der Waals surface area contributed by atoms with Crippen molar-refractivity contribution in [1.29, 1.82) is 0 Å². The number of carbonyl (C=O) groups is 1. The first-order valence-electron chi connectivity index (χ1n) is 11.5. The average molecular weight is 446 g/mol. The molecule has 0 atom stereocenters. The first-order chi connectivity index (χ1) is 16.2. The van der Waals surface area contributed by atoms with Gasteiger partial charge in [-0.05, 0) is 79.1 Å². The van der Waals surface area contributed by atoms with E-state index in [4.69, 9.17) is 9.47 Å². The summed E-state index contributed by atoms with van der Waals surface area (Å²) in [5, 5.41) is 0. The van der Waals surface area contributed by atoms with E-state index in [1.807, 2.05) is 48.5 Å². The largest absolute Gasteiger partial charge is 0.494 e. The zero-order valence-corrected chi connectivity index (χ0v) is 18.8. The molecule has 33 heavy (non-hydrogen) atoms. The van der Waals surface area contributed by atoms with Crippen LogP contribution in [0.15, 0.2) is 78.9 Å². The number of rotatable bonds is 14. The molecular weight excluding hydrogens is 415 g/mol. The van der Waals surface area contributed by atoms with Gasteiger partial charge in [0.15, 0.2) is 5.78 Å². The third-order valence-electron chi connectivity index (χ3n) is 5.20. The van der Waals surface area contributed by atoms with E-state index in [2.05, 4.69) is 6.07 Å². The molecule has 0 fully saturated rings.